The van der Waals surface area contributed by atoms with Crippen LogP contribution in [0.5, 0.6) is 11.5 Å². The number of H-pyrrole nitrogens is 1. The molecule has 3 aromatic heterocycles. The van der Waals surface area contributed by atoms with Crippen molar-refractivity contribution in [2.24, 2.45) is 7.05 Å². The topological polar surface area (TPSA) is 124 Å². The van der Waals surface area contributed by atoms with Crippen LogP contribution in [0.3, 0.4) is 0 Å². The van der Waals surface area contributed by atoms with Gasteiger partial charge in [0.1, 0.15) is 21.2 Å². The predicted octanol–water partition coefficient (Wildman–Crippen LogP) is 3.57. The van der Waals surface area contributed by atoms with E-state index in [1.165, 1.54) is 11.7 Å². The number of hydrogen-bond donors (Lipinski definition) is 2. The number of ether oxygens (including phenoxy) is 2. The van der Waals surface area contributed by atoms with Crippen molar-refractivity contribution < 1.29 is 23.5 Å². The smallest absolute Gasteiger partial charge is 0.438 e. The number of nitrogen functional groups attached to an aromatic ring is 1. The van der Waals surface area contributed by atoms with Crippen molar-refractivity contribution in [2.45, 2.75) is 0 Å². The van der Waals surface area contributed by atoms with Gasteiger partial charge in [-0.2, -0.15) is 0 Å². The summed E-state index contributed by atoms with van der Waals surface area (Å²) in [5, 5.41) is 2.95. The lowest BCUT2D eigenvalue weighted by Crippen LogP contribution is -2.39. The molecule has 0 spiro atoms. The number of carbonyl (C=O) groups is 1. The lowest BCUT2D eigenvalue weighted by molar-refractivity contribution is -0.741. The summed E-state index contributed by atoms with van der Waals surface area (Å²) in [7, 11) is 4.68. The third-order valence-corrected chi connectivity index (χ3v) is 6.79. The molecule has 0 aliphatic heterocycles. The van der Waals surface area contributed by atoms with E-state index in [1.54, 1.807) is 20.3 Å². The number of thiophene rings is 1. The Bertz CT molecular complexity index is 1640. The summed E-state index contributed by atoms with van der Waals surface area (Å²) in [6, 6.07) is 17.1. The number of nitrogens with one attached hydrogen (secondary N) is 1. The van der Waals surface area contributed by atoms with Crippen molar-refractivity contribution in [3.63, 3.8) is 0 Å². The molecular formula is C25H21N4O5S+. The number of aromatic amines is 1. The van der Waals surface area contributed by atoms with Gasteiger partial charge in [-0.25, -0.2) is 9.78 Å². The fourth-order valence-corrected chi connectivity index (χ4v) is 5.04. The largest absolute Gasteiger partial charge is 0.497 e. The van der Waals surface area contributed by atoms with Crippen LogP contribution in [0.15, 0.2) is 63.9 Å². The second-order valence-electron chi connectivity index (χ2n) is 7.73. The molecule has 0 amide bonds. The summed E-state index contributed by atoms with van der Waals surface area (Å²) in [5.74, 6) is 0.690. The van der Waals surface area contributed by atoms with Gasteiger partial charge in [0.15, 0.2) is 7.05 Å². The van der Waals surface area contributed by atoms with Crippen molar-refractivity contribution in [3.05, 3.63) is 75.6 Å². The van der Waals surface area contributed by atoms with Gasteiger partial charge < -0.3 is 15.2 Å². The Labute approximate surface area is 203 Å². The summed E-state index contributed by atoms with van der Waals surface area (Å²) in [6.07, 6.45) is 0. The first-order chi connectivity index (χ1) is 16.9. The normalized spacial score (nSPS) is 11.1. The number of aromatic nitrogens is 3. The van der Waals surface area contributed by atoms with Crippen LogP contribution < -0.4 is 25.5 Å². The SMILES string of the molecule is COc1ccc(OC)c(-c2cc(-c3ccccc3)nc3sc(C(=O)c4c(=O)o[nH][n+]4C)c(N)c23)c1. The molecular weight excluding hydrogens is 468 g/mol. The molecule has 0 radical (unpaired) electrons. The lowest BCUT2D eigenvalue weighted by atomic mass is 9.98. The number of benzene rings is 2. The molecule has 0 saturated heterocycles. The second kappa shape index (κ2) is 8.73. The number of fused-ring (bicyclic) bond motifs is 1. The number of carbonyl (C=O) groups excluding carboxylic acids is 1. The monoisotopic (exact) mass is 489 g/mol. The van der Waals surface area contributed by atoms with Crippen molar-refractivity contribution >= 4 is 33.0 Å². The minimum Gasteiger partial charge on any atom is -0.497 e. The van der Waals surface area contributed by atoms with Crippen molar-refractivity contribution in [1.29, 1.82) is 0 Å². The Morgan fingerprint density at radius 1 is 1.09 bits per heavy atom. The van der Waals surface area contributed by atoms with E-state index in [-0.39, 0.29) is 16.3 Å². The molecule has 2 aromatic carbocycles. The van der Waals surface area contributed by atoms with Crippen LogP contribution in [0.4, 0.5) is 5.69 Å². The van der Waals surface area contributed by atoms with Crippen LogP contribution in [0.2, 0.25) is 0 Å². The van der Waals surface area contributed by atoms with Crippen LogP contribution >= 0.6 is 11.3 Å². The Morgan fingerprint density at radius 2 is 1.86 bits per heavy atom. The number of methoxy groups -OCH3 is 2. The zero-order valence-corrected chi connectivity index (χ0v) is 19.9. The molecule has 3 N–H and O–H groups in total. The summed E-state index contributed by atoms with van der Waals surface area (Å²) in [6.45, 7) is 0. The van der Waals surface area contributed by atoms with Gasteiger partial charge in [-0.3, -0.25) is 9.32 Å². The Balaban J connectivity index is 1.83. The number of aryl methyl sites for hydroxylation is 1. The summed E-state index contributed by atoms with van der Waals surface area (Å²) in [4.78, 5) is 31.0. The average molecular weight is 490 g/mol. The Morgan fingerprint density at radius 3 is 2.51 bits per heavy atom. The third kappa shape index (κ3) is 3.73. The van der Waals surface area contributed by atoms with Crippen LogP contribution in [0.25, 0.3) is 32.6 Å². The van der Waals surface area contributed by atoms with Crippen molar-refractivity contribution in [3.8, 4) is 33.9 Å². The van der Waals surface area contributed by atoms with E-state index >= 15 is 0 Å². The molecule has 9 nitrogen and oxygen atoms in total. The molecule has 0 bridgehead atoms. The van der Waals surface area contributed by atoms with Gasteiger partial charge in [-0.1, -0.05) is 35.0 Å². The van der Waals surface area contributed by atoms with Crippen LogP contribution in [0.1, 0.15) is 15.4 Å². The second-order valence-corrected chi connectivity index (χ2v) is 8.73. The predicted molar refractivity (Wildman–Crippen MR) is 132 cm³/mol. The Hall–Kier alpha value is -4.44. The first-order valence-electron chi connectivity index (χ1n) is 10.6. The highest BCUT2D eigenvalue weighted by molar-refractivity contribution is 7.21. The zero-order chi connectivity index (χ0) is 24.7. The van der Waals surface area contributed by atoms with E-state index in [0.717, 1.165) is 28.0 Å². The molecule has 5 aromatic rings. The fraction of sp³-hybridized carbons (Fsp3) is 0.120. The molecule has 3 heterocycles. The summed E-state index contributed by atoms with van der Waals surface area (Å²) < 4.78 is 17.1. The van der Waals surface area contributed by atoms with Crippen LogP contribution in [-0.4, -0.2) is 30.3 Å². The maximum atomic E-state index is 13.3. The van der Waals surface area contributed by atoms with Gasteiger partial charge in [-0.15, -0.1) is 11.3 Å². The molecule has 176 valence electrons. The highest BCUT2D eigenvalue weighted by Crippen LogP contribution is 2.45. The van der Waals surface area contributed by atoms with E-state index in [0.29, 0.717) is 27.4 Å². The standard InChI is InChI=1S/C25H20N4O5S/c1-29-21(25(31)34-28-29)22(30)23-20(26)19-16(15-11-14(32-2)9-10-18(15)33-3)12-17(27-24(19)35-23)13-7-5-4-6-8-13/h4-12H,1-3H3,(H2-,26,28,30,31)/p+1. The van der Waals surface area contributed by atoms with Crippen molar-refractivity contribution in [1.82, 2.24) is 10.3 Å². The van der Waals surface area contributed by atoms with Gasteiger partial charge in [0.05, 0.1) is 25.6 Å². The van der Waals surface area contributed by atoms with Gasteiger partial charge in [0.25, 0.3) is 5.78 Å². The summed E-state index contributed by atoms with van der Waals surface area (Å²) in [5.41, 5.74) is 8.90. The van der Waals surface area contributed by atoms with Crippen molar-refractivity contribution in [2.75, 3.05) is 20.0 Å². The lowest BCUT2D eigenvalue weighted by Gasteiger charge is -2.13. The van der Waals surface area contributed by atoms with E-state index in [1.807, 2.05) is 48.5 Å². The number of hydrogen-bond acceptors (Lipinski definition) is 8. The number of anilines is 1. The van der Waals surface area contributed by atoms with Gasteiger partial charge in [0, 0.05) is 22.1 Å². The summed E-state index contributed by atoms with van der Waals surface area (Å²) >= 11 is 1.12. The number of rotatable bonds is 6. The molecule has 0 fully saturated rings. The minimum atomic E-state index is -0.776. The minimum absolute atomic E-state index is 0.160. The molecule has 5 rings (SSSR count). The number of nitrogens with two attached hydrogens (primary N) is 1. The molecule has 35 heavy (non-hydrogen) atoms. The Kier molecular flexibility index (Phi) is 5.58. The maximum Gasteiger partial charge on any atom is 0.438 e. The number of nitrogens with zero attached hydrogens (tertiary/aromatic N) is 2. The zero-order valence-electron chi connectivity index (χ0n) is 19.1. The molecule has 0 atom stereocenters. The quantitative estimate of drug-likeness (QED) is 0.276. The average Bonchev–Trinajstić information content (AvgIpc) is 3.41. The maximum absolute atomic E-state index is 13.3. The molecule has 0 aliphatic carbocycles. The van der Waals surface area contributed by atoms with Gasteiger partial charge >= 0.3 is 11.3 Å². The number of ketones is 1. The third-order valence-electron chi connectivity index (χ3n) is 5.69. The highest BCUT2D eigenvalue weighted by Gasteiger charge is 2.32. The first kappa shape index (κ1) is 22.4. The van der Waals surface area contributed by atoms with Crippen LogP contribution in [0, 0.1) is 0 Å². The molecule has 0 aliphatic rings. The molecule has 0 saturated carbocycles. The van der Waals surface area contributed by atoms with E-state index < -0.39 is 11.4 Å². The first-order valence-corrected chi connectivity index (χ1v) is 11.4. The number of pyridine rings is 1. The van der Waals surface area contributed by atoms with E-state index in [4.69, 9.17) is 24.7 Å². The molecule has 0 unspecified atom stereocenters. The van der Waals surface area contributed by atoms with Gasteiger partial charge in [0.2, 0.25) is 0 Å². The fourth-order valence-electron chi connectivity index (χ4n) is 3.98. The highest BCUT2D eigenvalue weighted by atomic mass is 32.1. The van der Waals surface area contributed by atoms with E-state index in [9.17, 15) is 9.59 Å². The van der Waals surface area contributed by atoms with E-state index in [2.05, 4.69) is 5.27 Å². The molecule has 10 heteroatoms. The van der Waals surface area contributed by atoms with Gasteiger partial charge in [-0.05, 0) is 29.5 Å². The van der Waals surface area contributed by atoms with Crippen LogP contribution in [-0.2, 0) is 7.05 Å².